The van der Waals surface area contributed by atoms with E-state index in [1.807, 2.05) is 24.3 Å². The Labute approximate surface area is 114 Å². The fourth-order valence-electron chi connectivity index (χ4n) is 2.49. The maximum Gasteiger partial charge on any atom is 0.164 e. The molecule has 2 heterocycles. The van der Waals surface area contributed by atoms with Gasteiger partial charge in [-0.3, -0.25) is 0 Å². The summed E-state index contributed by atoms with van der Waals surface area (Å²) in [5.74, 6) is 0. The van der Waals surface area contributed by atoms with Crippen LogP contribution in [0.25, 0.3) is 11.0 Å². The second kappa shape index (κ2) is 5.12. The van der Waals surface area contributed by atoms with E-state index in [1.165, 1.54) is 6.33 Å². The standard InChI is InChI=1S/C13H16N2O5/c16-5-9-10(17)11(18)12(19)13(20-9)15-6-14-7-3-1-2-4-8(7)15/h1-4,6,9-13,16-19H,5H2/t9-,10-,11+,12-,13-/m1/s1. The Kier molecular flexibility index (Phi) is 3.45. The zero-order valence-electron chi connectivity index (χ0n) is 10.6. The van der Waals surface area contributed by atoms with E-state index in [4.69, 9.17) is 4.74 Å². The van der Waals surface area contributed by atoms with Crippen LogP contribution < -0.4 is 0 Å². The Bertz CT molecular complexity index is 599. The second-order valence-electron chi connectivity index (χ2n) is 4.86. The first-order valence-electron chi connectivity index (χ1n) is 6.35. The van der Waals surface area contributed by atoms with Crippen LogP contribution in [0.1, 0.15) is 6.23 Å². The number of aliphatic hydroxyl groups is 4. The largest absolute Gasteiger partial charge is 0.394 e. The van der Waals surface area contributed by atoms with Crippen LogP contribution >= 0.6 is 0 Å². The molecule has 3 rings (SSSR count). The Morgan fingerprint density at radius 2 is 1.85 bits per heavy atom. The first kappa shape index (κ1) is 13.5. The van der Waals surface area contributed by atoms with Crippen molar-refractivity contribution in [3.05, 3.63) is 30.6 Å². The lowest BCUT2D eigenvalue weighted by Crippen LogP contribution is -2.56. The van der Waals surface area contributed by atoms with Gasteiger partial charge in [-0.25, -0.2) is 4.98 Å². The summed E-state index contributed by atoms with van der Waals surface area (Å²) in [4.78, 5) is 4.19. The lowest BCUT2D eigenvalue weighted by Gasteiger charge is -2.40. The number of nitrogens with zero attached hydrogens (tertiary/aromatic N) is 2. The fraction of sp³-hybridized carbons (Fsp3) is 0.462. The Morgan fingerprint density at radius 1 is 1.10 bits per heavy atom. The van der Waals surface area contributed by atoms with Gasteiger partial charge in [0.15, 0.2) is 6.23 Å². The van der Waals surface area contributed by atoms with Gasteiger partial charge in [-0.05, 0) is 12.1 Å². The average Bonchev–Trinajstić information content (AvgIpc) is 2.89. The number of para-hydroxylation sites is 2. The van der Waals surface area contributed by atoms with Crippen LogP contribution in [0, 0.1) is 0 Å². The summed E-state index contributed by atoms with van der Waals surface area (Å²) >= 11 is 0. The van der Waals surface area contributed by atoms with E-state index in [0.29, 0.717) is 0 Å². The van der Waals surface area contributed by atoms with Crippen molar-refractivity contribution in [1.29, 1.82) is 0 Å². The molecule has 5 atom stereocenters. The number of hydrogen-bond acceptors (Lipinski definition) is 6. The van der Waals surface area contributed by atoms with E-state index in [-0.39, 0.29) is 0 Å². The molecule has 0 spiro atoms. The summed E-state index contributed by atoms with van der Waals surface area (Å²) in [5, 5.41) is 38.9. The lowest BCUT2D eigenvalue weighted by atomic mass is 9.98. The summed E-state index contributed by atoms with van der Waals surface area (Å²) in [6.07, 6.45) is -4.42. The van der Waals surface area contributed by atoms with Crippen LogP contribution in [-0.4, -0.2) is 61.0 Å². The minimum absolute atomic E-state index is 0.450. The molecule has 0 aliphatic carbocycles. The predicted octanol–water partition coefficient (Wildman–Crippen LogP) is -0.991. The molecule has 0 saturated carbocycles. The Morgan fingerprint density at radius 3 is 2.60 bits per heavy atom. The van der Waals surface area contributed by atoms with Gasteiger partial charge in [0.1, 0.15) is 24.4 Å². The second-order valence-corrected chi connectivity index (χ2v) is 4.86. The fourth-order valence-corrected chi connectivity index (χ4v) is 2.49. The SMILES string of the molecule is OC[C@H]1O[C@@H](n2cnc3ccccc32)[C@H](O)[C@@H](O)[C@@H]1O. The molecular formula is C13H16N2O5. The highest BCUT2D eigenvalue weighted by Gasteiger charge is 2.44. The van der Waals surface area contributed by atoms with E-state index in [1.54, 1.807) is 4.57 Å². The van der Waals surface area contributed by atoms with Crippen LogP contribution in [0.4, 0.5) is 0 Å². The molecule has 1 aromatic carbocycles. The summed E-state index contributed by atoms with van der Waals surface area (Å²) in [5.41, 5.74) is 1.46. The third kappa shape index (κ3) is 2.00. The molecule has 1 aromatic heterocycles. The molecule has 7 nitrogen and oxygen atoms in total. The van der Waals surface area contributed by atoms with Gasteiger partial charge in [0.25, 0.3) is 0 Å². The van der Waals surface area contributed by atoms with Crippen LogP contribution in [0.2, 0.25) is 0 Å². The van der Waals surface area contributed by atoms with E-state index >= 15 is 0 Å². The molecule has 0 amide bonds. The van der Waals surface area contributed by atoms with Crippen molar-refractivity contribution >= 4 is 11.0 Å². The van der Waals surface area contributed by atoms with Crippen LogP contribution in [0.3, 0.4) is 0 Å². The summed E-state index contributed by atoms with van der Waals surface area (Å²) in [7, 11) is 0. The molecule has 1 aliphatic rings. The Balaban J connectivity index is 2.00. The molecule has 1 fully saturated rings. The number of rotatable bonds is 2. The van der Waals surface area contributed by atoms with Crippen molar-refractivity contribution in [2.24, 2.45) is 0 Å². The molecule has 108 valence electrons. The van der Waals surface area contributed by atoms with Crippen LogP contribution in [0.5, 0.6) is 0 Å². The molecule has 1 aliphatic heterocycles. The zero-order chi connectivity index (χ0) is 14.3. The number of fused-ring (bicyclic) bond motifs is 1. The normalized spacial score (nSPS) is 34.5. The van der Waals surface area contributed by atoms with Crippen molar-refractivity contribution < 1.29 is 25.2 Å². The molecule has 2 aromatic rings. The van der Waals surface area contributed by atoms with Gasteiger partial charge in [0.2, 0.25) is 0 Å². The first-order valence-corrected chi connectivity index (χ1v) is 6.35. The molecule has 1 saturated heterocycles. The van der Waals surface area contributed by atoms with E-state index < -0.39 is 37.3 Å². The van der Waals surface area contributed by atoms with Gasteiger partial charge in [-0.15, -0.1) is 0 Å². The van der Waals surface area contributed by atoms with Gasteiger partial charge in [-0.1, -0.05) is 12.1 Å². The van der Waals surface area contributed by atoms with E-state index in [2.05, 4.69) is 4.98 Å². The molecule has 4 N–H and O–H groups in total. The highest BCUT2D eigenvalue weighted by molar-refractivity contribution is 5.75. The quantitative estimate of drug-likeness (QED) is 0.562. The molecular weight excluding hydrogens is 264 g/mol. The third-order valence-electron chi connectivity index (χ3n) is 3.62. The molecule has 0 radical (unpaired) electrons. The summed E-state index contributed by atoms with van der Waals surface area (Å²) < 4.78 is 7.08. The number of aromatic nitrogens is 2. The van der Waals surface area contributed by atoms with Crippen LogP contribution in [0.15, 0.2) is 30.6 Å². The van der Waals surface area contributed by atoms with Crippen molar-refractivity contribution in [3.8, 4) is 0 Å². The van der Waals surface area contributed by atoms with Gasteiger partial charge in [-0.2, -0.15) is 0 Å². The molecule has 20 heavy (non-hydrogen) atoms. The minimum atomic E-state index is -1.40. The maximum atomic E-state index is 10.1. The van der Waals surface area contributed by atoms with E-state index in [9.17, 15) is 20.4 Å². The molecule has 7 heteroatoms. The van der Waals surface area contributed by atoms with Crippen molar-refractivity contribution in [3.63, 3.8) is 0 Å². The van der Waals surface area contributed by atoms with Crippen molar-refractivity contribution in [1.82, 2.24) is 9.55 Å². The predicted molar refractivity (Wildman–Crippen MR) is 68.7 cm³/mol. The minimum Gasteiger partial charge on any atom is -0.394 e. The number of aliphatic hydroxyl groups excluding tert-OH is 4. The average molecular weight is 280 g/mol. The maximum absolute atomic E-state index is 10.1. The highest BCUT2D eigenvalue weighted by Crippen LogP contribution is 2.30. The monoisotopic (exact) mass is 280 g/mol. The zero-order valence-corrected chi connectivity index (χ0v) is 10.6. The van der Waals surface area contributed by atoms with Gasteiger partial charge in [0.05, 0.1) is 24.0 Å². The summed E-state index contributed by atoms with van der Waals surface area (Å²) in [6, 6.07) is 7.29. The smallest absolute Gasteiger partial charge is 0.164 e. The van der Waals surface area contributed by atoms with Gasteiger partial charge < -0.3 is 29.7 Å². The van der Waals surface area contributed by atoms with Crippen molar-refractivity contribution in [2.75, 3.05) is 6.61 Å². The molecule has 0 unspecified atom stereocenters. The lowest BCUT2D eigenvalue weighted by molar-refractivity contribution is -0.250. The topological polar surface area (TPSA) is 108 Å². The molecule has 0 bridgehead atoms. The van der Waals surface area contributed by atoms with E-state index in [0.717, 1.165) is 11.0 Å². The van der Waals surface area contributed by atoms with Crippen LogP contribution in [-0.2, 0) is 4.74 Å². The first-order chi connectivity index (χ1) is 9.63. The number of ether oxygens (including phenoxy) is 1. The highest BCUT2D eigenvalue weighted by atomic mass is 16.6. The summed E-state index contributed by atoms with van der Waals surface area (Å²) in [6.45, 7) is -0.450. The Hall–Kier alpha value is -1.51. The third-order valence-corrected chi connectivity index (χ3v) is 3.62. The van der Waals surface area contributed by atoms with Gasteiger partial charge in [0, 0.05) is 0 Å². The van der Waals surface area contributed by atoms with Gasteiger partial charge >= 0.3 is 0 Å². The number of benzene rings is 1. The number of imidazole rings is 1. The number of hydrogen-bond donors (Lipinski definition) is 4. The van der Waals surface area contributed by atoms with Crippen molar-refractivity contribution in [2.45, 2.75) is 30.6 Å².